The Morgan fingerprint density at radius 1 is 0.878 bits per heavy atom. The first-order valence-electron chi connectivity index (χ1n) is 13.4. The number of amides is 1. The molecule has 2 atom stereocenters. The van der Waals surface area contributed by atoms with E-state index in [-0.39, 0.29) is 17.6 Å². The summed E-state index contributed by atoms with van der Waals surface area (Å²) >= 11 is 1.65. The van der Waals surface area contributed by atoms with Crippen molar-refractivity contribution in [1.82, 2.24) is 5.32 Å². The van der Waals surface area contributed by atoms with Crippen molar-refractivity contribution in [2.24, 2.45) is 0 Å². The van der Waals surface area contributed by atoms with Crippen molar-refractivity contribution < 1.29 is 23.8 Å². The number of thioether (sulfide) groups is 1. The lowest BCUT2D eigenvalue weighted by Gasteiger charge is -2.37. The minimum absolute atomic E-state index is 0.0209. The predicted octanol–water partition coefficient (Wildman–Crippen LogP) is 6.43. The monoisotopic (exact) mass is 570 g/mol. The molecule has 0 unspecified atom stereocenters. The van der Waals surface area contributed by atoms with Gasteiger partial charge in [-0.1, -0.05) is 30.3 Å². The number of anilines is 1. The van der Waals surface area contributed by atoms with Crippen molar-refractivity contribution in [1.29, 1.82) is 0 Å². The van der Waals surface area contributed by atoms with Gasteiger partial charge in [-0.25, -0.2) is 0 Å². The Morgan fingerprint density at radius 3 is 2.24 bits per heavy atom. The number of hydrogen-bond acceptors (Lipinski definition) is 7. The molecule has 2 N–H and O–H groups in total. The molecular formula is C33H34N2O5S. The summed E-state index contributed by atoms with van der Waals surface area (Å²) in [5.41, 5.74) is 5.21. The number of rotatable bonds is 8. The van der Waals surface area contributed by atoms with E-state index in [0.717, 1.165) is 27.4 Å². The van der Waals surface area contributed by atoms with E-state index in [1.54, 1.807) is 45.2 Å². The first kappa shape index (κ1) is 28.4. The van der Waals surface area contributed by atoms with Crippen LogP contribution in [0.5, 0.6) is 17.2 Å². The Kier molecular flexibility index (Phi) is 8.40. The zero-order valence-electron chi connectivity index (χ0n) is 23.9. The van der Waals surface area contributed by atoms with Gasteiger partial charge in [-0.2, -0.15) is 0 Å². The normalized spacial score (nSPS) is 18.4. The first-order valence-corrected chi connectivity index (χ1v) is 14.6. The highest BCUT2D eigenvalue weighted by Crippen LogP contribution is 2.46. The molecule has 0 spiro atoms. The molecule has 5 rings (SSSR count). The van der Waals surface area contributed by atoms with Crippen LogP contribution in [0.25, 0.3) is 0 Å². The zero-order chi connectivity index (χ0) is 29.1. The molecule has 0 fully saturated rings. The van der Waals surface area contributed by atoms with Gasteiger partial charge in [0.1, 0.15) is 5.75 Å². The highest BCUT2D eigenvalue weighted by molar-refractivity contribution is 7.98. The maximum atomic E-state index is 14.0. The number of carbonyl (C=O) groups is 2. The van der Waals surface area contributed by atoms with Crippen molar-refractivity contribution in [3.8, 4) is 17.2 Å². The number of carbonyl (C=O) groups excluding carboxylic acids is 2. The average Bonchev–Trinajstić information content (AvgIpc) is 3.00. The summed E-state index contributed by atoms with van der Waals surface area (Å²) in [5, 5.41) is 6.48. The summed E-state index contributed by atoms with van der Waals surface area (Å²) in [7, 11) is 4.78. The number of hydrogen-bond donors (Lipinski definition) is 2. The molecule has 0 aromatic heterocycles. The van der Waals surface area contributed by atoms with Crippen LogP contribution in [0.15, 0.2) is 94.2 Å². The SMILES string of the molecule is COc1ccccc1NC(=O)C1=C(C)NC2=C(C(=O)C[C@H](c3ccc(OC)c(OC)c3)C2)[C@H]1c1ccc(SC)cc1. The molecule has 1 heterocycles. The molecule has 0 bridgehead atoms. The van der Waals surface area contributed by atoms with Crippen LogP contribution >= 0.6 is 11.8 Å². The fraction of sp³-hybridized carbons (Fsp3) is 0.273. The van der Waals surface area contributed by atoms with E-state index in [4.69, 9.17) is 14.2 Å². The maximum absolute atomic E-state index is 14.0. The molecule has 212 valence electrons. The topological polar surface area (TPSA) is 85.9 Å². The number of ether oxygens (including phenoxy) is 3. The van der Waals surface area contributed by atoms with Crippen LogP contribution in [0, 0.1) is 0 Å². The second-order valence-corrected chi connectivity index (χ2v) is 10.9. The Bertz CT molecular complexity index is 1540. The third-order valence-corrected chi connectivity index (χ3v) is 8.50. The molecule has 2 aliphatic rings. The molecule has 3 aromatic carbocycles. The summed E-state index contributed by atoms with van der Waals surface area (Å²) in [6.07, 6.45) is 2.99. The lowest BCUT2D eigenvalue weighted by Crippen LogP contribution is -2.37. The van der Waals surface area contributed by atoms with E-state index in [2.05, 4.69) is 10.6 Å². The first-order chi connectivity index (χ1) is 19.9. The molecule has 0 saturated carbocycles. The number of ketones is 1. The van der Waals surface area contributed by atoms with Gasteiger partial charge in [0.25, 0.3) is 5.91 Å². The standard InChI is InChI=1S/C33H34N2O5S/c1-19-30(33(37)35-24-8-6-7-9-27(24)38-2)31(20-10-13-23(41-5)14-11-20)32-25(34-19)16-22(17-26(32)36)21-12-15-28(39-3)29(18-21)40-4/h6-15,18,22,31,34H,16-17H2,1-5H3,(H,35,37)/t22-,31+/m1/s1. The van der Waals surface area contributed by atoms with E-state index >= 15 is 0 Å². The number of para-hydroxylation sites is 2. The lowest BCUT2D eigenvalue weighted by atomic mass is 9.71. The molecule has 0 saturated heterocycles. The van der Waals surface area contributed by atoms with Crippen molar-refractivity contribution >= 4 is 29.1 Å². The van der Waals surface area contributed by atoms with E-state index < -0.39 is 5.92 Å². The van der Waals surface area contributed by atoms with Gasteiger partial charge in [-0.3, -0.25) is 9.59 Å². The summed E-state index contributed by atoms with van der Waals surface area (Å²) in [4.78, 5) is 29.0. The minimum Gasteiger partial charge on any atom is -0.495 e. The maximum Gasteiger partial charge on any atom is 0.254 e. The van der Waals surface area contributed by atoms with Crippen LogP contribution in [0.4, 0.5) is 5.69 Å². The third-order valence-electron chi connectivity index (χ3n) is 7.76. The summed E-state index contributed by atoms with van der Waals surface area (Å²) in [6, 6.07) is 21.2. The van der Waals surface area contributed by atoms with Crippen molar-refractivity contribution in [2.45, 2.75) is 36.5 Å². The number of benzene rings is 3. The minimum atomic E-state index is -0.504. The van der Waals surface area contributed by atoms with E-state index in [1.165, 1.54) is 0 Å². The number of nitrogens with one attached hydrogen (secondary N) is 2. The van der Waals surface area contributed by atoms with Crippen LogP contribution in [-0.2, 0) is 9.59 Å². The summed E-state index contributed by atoms with van der Waals surface area (Å²) in [6.45, 7) is 1.90. The van der Waals surface area contributed by atoms with Gasteiger partial charge >= 0.3 is 0 Å². The van der Waals surface area contributed by atoms with Crippen molar-refractivity contribution in [2.75, 3.05) is 32.9 Å². The second kappa shape index (κ2) is 12.1. The smallest absolute Gasteiger partial charge is 0.254 e. The molecule has 7 nitrogen and oxygen atoms in total. The lowest BCUT2D eigenvalue weighted by molar-refractivity contribution is -0.116. The Hall–Kier alpha value is -4.17. The average molecular weight is 571 g/mol. The summed E-state index contributed by atoms with van der Waals surface area (Å²) in [5.74, 6) is 1.04. The molecule has 1 aliphatic carbocycles. The van der Waals surface area contributed by atoms with Crippen LogP contribution in [-0.4, -0.2) is 39.3 Å². The highest BCUT2D eigenvalue weighted by Gasteiger charge is 2.41. The molecule has 3 aromatic rings. The Balaban J connectivity index is 1.55. The van der Waals surface area contributed by atoms with Gasteiger partial charge in [0.15, 0.2) is 17.3 Å². The van der Waals surface area contributed by atoms with Crippen molar-refractivity contribution in [3.63, 3.8) is 0 Å². The number of methoxy groups -OCH3 is 3. The van der Waals surface area contributed by atoms with Gasteiger partial charge < -0.3 is 24.8 Å². The fourth-order valence-electron chi connectivity index (χ4n) is 5.75. The number of dihydropyridines is 1. The molecule has 1 aliphatic heterocycles. The molecule has 0 radical (unpaired) electrons. The molecule has 41 heavy (non-hydrogen) atoms. The third kappa shape index (κ3) is 5.57. The van der Waals surface area contributed by atoms with Crippen LogP contribution in [0.1, 0.15) is 42.7 Å². The largest absolute Gasteiger partial charge is 0.495 e. The van der Waals surface area contributed by atoms with Crippen LogP contribution in [0.2, 0.25) is 0 Å². The van der Waals surface area contributed by atoms with E-state index in [0.29, 0.717) is 46.9 Å². The Labute approximate surface area is 245 Å². The van der Waals surface area contributed by atoms with Crippen molar-refractivity contribution in [3.05, 3.63) is 100 Å². The summed E-state index contributed by atoms with van der Waals surface area (Å²) < 4.78 is 16.4. The zero-order valence-corrected chi connectivity index (χ0v) is 24.7. The molecule has 8 heteroatoms. The molecule has 1 amide bonds. The molecular weight excluding hydrogens is 536 g/mol. The van der Waals surface area contributed by atoms with Crippen LogP contribution < -0.4 is 24.8 Å². The van der Waals surface area contributed by atoms with E-state index in [1.807, 2.05) is 67.8 Å². The van der Waals surface area contributed by atoms with Crippen LogP contribution in [0.3, 0.4) is 0 Å². The number of Topliss-reactive ketones (excluding diaryl/α,β-unsaturated/α-hetero) is 1. The second-order valence-electron chi connectivity index (χ2n) is 10.1. The quantitative estimate of drug-likeness (QED) is 0.302. The van der Waals surface area contributed by atoms with Gasteiger partial charge in [0.2, 0.25) is 0 Å². The highest BCUT2D eigenvalue weighted by atomic mass is 32.2. The van der Waals surface area contributed by atoms with Gasteiger partial charge in [0, 0.05) is 39.8 Å². The predicted molar refractivity (Wildman–Crippen MR) is 162 cm³/mol. The van der Waals surface area contributed by atoms with E-state index in [9.17, 15) is 9.59 Å². The number of allylic oxidation sites excluding steroid dienone is 3. The van der Waals surface area contributed by atoms with Gasteiger partial charge in [-0.15, -0.1) is 11.8 Å². The van der Waals surface area contributed by atoms with Gasteiger partial charge in [-0.05, 0) is 73.0 Å². The Morgan fingerprint density at radius 2 is 1.56 bits per heavy atom. The van der Waals surface area contributed by atoms with Gasteiger partial charge in [0.05, 0.1) is 27.0 Å². The fourth-order valence-corrected chi connectivity index (χ4v) is 6.16.